The van der Waals surface area contributed by atoms with Gasteiger partial charge in [0.1, 0.15) is 5.78 Å². The van der Waals surface area contributed by atoms with E-state index in [1.807, 2.05) is 0 Å². The van der Waals surface area contributed by atoms with E-state index in [-0.39, 0.29) is 17.2 Å². The van der Waals surface area contributed by atoms with Crippen LogP contribution in [0.1, 0.15) is 34.5 Å². The van der Waals surface area contributed by atoms with Crippen LogP contribution in [-0.2, 0) is 15.5 Å². The molecule has 2 N–H and O–H groups in total. The Morgan fingerprint density at radius 3 is 2.44 bits per heavy atom. The van der Waals surface area contributed by atoms with Gasteiger partial charge in [0, 0.05) is 5.88 Å². The van der Waals surface area contributed by atoms with Gasteiger partial charge in [-0.1, -0.05) is 34.1 Å². The fraction of sp³-hybridized carbons (Fsp3) is 0.333. The molecule has 6 heteroatoms. The molecule has 1 rings (SSSR count). The molecule has 0 spiro atoms. The van der Waals surface area contributed by atoms with Crippen LogP contribution in [0.5, 0.6) is 0 Å². The van der Waals surface area contributed by atoms with Crippen LogP contribution in [-0.4, -0.2) is 22.0 Å². The van der Waals surface area contributed by atoms with Crippen LogP contribution < -0.4 is 0 Å². The number of carbonyl (C=O) groups is 2. The molecule has 18 heavy (non-hydrogen) atoms. The summed E-state index contributed by atoms with van der Waals surface area (Å²) in [6, 6.07) is 4.79. The molecular formula is C12H12BrClO4. The predicted molar refractivity (Wildman–Crippen MR) is 70.9 cm³/mol. The van der Waals surface area contributed by atoms with Crippen molar-refractivity contribution in [2.45, 2.75) is 23.7 Å². The molecule has 0 fully saturated rings. The number of rotatable bonds is 5. The Morgan fingerprint density at radius 2 is 2.00 bits per heavy atom. The average Bonchev–Trinajstić information content (AvgIpc) is 2.35. The van der Waals surface area contributed by atoms with Crippen molar-refractivity contribution in [1.29, 1.82) is 0 Å². The minimum atomic E-state index is -1.68. The van der Waals surface area contributed by atoms with Crippen LogP contribution in [0.25, 0.3) is 0 Å². The fourth-order valence-corrected chi connectivity index (χ4v) is 2.11. The van der Waals surface area contributed by atoms with E-state index in [1.54, 1.807) is 12.1 Å². The number of Topliss-reactive ketones (excluding diaryl/α,β-unsaturated/α-hetero) is 1. The van der Waals surface area contributed by atoms with Gasteiger partial charge in [-0.2, -0.15) is 0 Å². The van der Waals surface area contributed by atoms with Crippen LogP contribution in [0.15, 0.2) is 18.2 Å². The first-order chi connectivity index (χ1) is 8.38. The number of halogens is 2. The van der Waals surface area contributed by atoms with Crippen molar-refractivity contribution >= 4 is 39.3 Å². The first-order valence-electron chi connectivity index (χ1n) is 5.12. The van der Waals surface area contributed by atoms with E-state index in [4.69, 9.17) is 16.7 Å². The Labute approximate surface area is 118 Å². The second kappa shape index (κ2) is 6.31. The van der Waals surface area contributed by atoms with Crippen molar-refractivity contribution in [3.63, 3.8) is 0 Å². The van der Waals surface area contributed by atoms with E-state index in [1.165, 1.54) is 13.0 Å². The summed E-state index contributed by atoms with van der Waals surface area (Å²) in [5.41, 5.74) is 1.29. The SMILES string of the molecule is CC(=O)C(Br)c1ccc(CCl)cc1C(O)C(=O)O. The average molecular weight is 336 g/mol. The highest BCUT2D eigenvalue weighted by atomic mass is 79.9. The van der Waals surface area contributed by atoms with Gasteiger partial charge in [0.25, 0.3) is 0 Å². The fourth-order valence-electron chi connectivity index (χ4n) is 1.53. The van der Waals surface area contributed by atoms with Gasteiger partial charge in [-0.05, 0) is 23.6 Å². The Morgan fingerprint density at radius 1 is 1.39 bits per heavy atom. The number of carboxylic acids is 1. The summed E-state index contributed by atoms with van der Waals surface area (Å²) >= 11 is 8.85. The van der Waals surface area contributed by atoms with Crippen LogP contribution in [0, 0.1) is 0 Å². The summed E-state index contributed by atoms with van der Waals surface area (Å²) < 4.78 is 0. The minimum Gasteiger partial charge on any atom is -0.479 e. The molecule has 98 valence electrons. The number of alkyl halides is 2. The van der Waals surface area contributed by atoms with Gasteiger partial charge in [-0.15, -0.1) is 11.6 Å². The zero-order valence-electron chi connectivity index (χ0n) is 9.56. The number of aliphatic hydroxyl groups is 1. The van der Waals surface area contributed by atoms with Gasteiger partial charge >= 0.3 is 5.97 Å². The van der Waals surface area contributed by atoms with Crippen molar-refractivity contribution in [2.24, 2.45) is 0 Å². The molecule has 2 unspecified atom stereocenters. The topological polar surface area (TPSA) is 74.6 Å². The monoisotopic (exact) mass is 334 g/mol. The van der Waals surface area contributed by atoms with Crippen molar-refractivity contribution in [3.05, 3.63) is 34.9 Å². The number of aliphatic hydroxyl groups excluding tert-OH is 1. The lowest BCUT2D eigenvalue weighted by Crippen LogP contribution is -2.15. The van der Waals surface area contributed by atoms with Crippen LogP contribution in [0.3, 0.4) is 0 Å². The molecule has 0 heterocycles. The van der Waals surface area contributed by atoms with Gasteiger partial charge in [0.15, 0.2) is 6.10 Å². The van der Waals surface area contributed by atoms with E-state index >= 15 is 0 Å². The number of benzene rings is 1. The zero-order chi connectivity index (χ0) is 13.9. The quantitative estimate of drug-likeness (QED) is 0.811. The maximum Gasteiger partial charge on any atom is 0.337 e. The van der Waals surface area contributed by atoms with E-state index in [0.717, 1.165) is 0 Å². The standard InChI is InChI=1S/C12H12BrClO4/c1-6(15)10(13)8-3-2-7(5-14)4-9(8)11(16)12(17)18/h2-4,10-11,16H,5H2,1H3,(H,17,18). The lowest BCUT2D eigenvalue weighted by molar-refractivity contribution is -0.147. The van der Waals surface area contributed by atoms with Crippen molar-refractivity contribution in [1.82, 2.24) is 0 Å². The van der Waals surface area contributed by atoms with E-state index in [9.17, 15) is 14.7 Å². The second-order valence-corrected chi connectivity index (χ2v) is 4.99. The van der Waals surface area contributed by atoms with Gasteiger partial charge < -0.3 is 10.2 Å². The molecule has 1 aromatic rings. The number of aliphatic carboxylic acids is 1. The molecule has 0 saturated heterocycles. The Hall–Kier alpha value is -0.910. The minimum absolute atomic E-state index is 0.174. The molecule has 0 amide bonds. The van der Waals surface area contributed by atoms with Crippen LogP contribution in [0.4, 0.5) is 0 Å². The van der Waals surface area contributed by atoms with Crippen molar-refractivity contribution in [3.8, 4) is 0 Å². The van der Waals surface area contributed by atoms with Gasteiger partial charge in [0.2, 0.25) is 0 Å². The van der Waals surface area contributed by atoms with Gasteiger partial charge in [0.05, 0.1) is 4.83 Å². The second-order valence-electron chi connectivity index (χ2n) is 3.81. The Bertz CT molecular complexity index is 475. The largest absolute Gasteiger partial charge is 0.479 e. The molecule has 0 aliphatic carbocycles. The Balaban J connectivity index is 3.33. The number of hydrogen-bond acceptors (Lipinski definition) is 3. The van der Waals surface area contributed by atoms with Gasteiger partial charge in [-0.3, -0.25) is 4.79 Å². The predicted octanol–water partition coefficient (Wildman–Crippen LogP) is 2.57. The number of carboxylic acid groups (broad SMARTS) is 1. The molecule has 0 bridgehead atoms. The highest BCUT2D eigenvalue weighted by Gasteiger charge is 2.24. The number of hydrogen-bond donors (Lipinski definition) is 2. The maximum atomic E-state index is 11.3. The molecule has 1 aromatic carbocycles. The molecule has 0 radical (unpaired) electrons. The molecule has 0 aliphatic heterocycles. The summed E-state index contributed by atoms with van der Waals surface area (Å²) in [7, 11) is 0. The summed E-state index contributed by atoms with van der Waals surface area (Å²) in [6.45, 7) is 1.38. The summed E-state index contributed by atoms with van der Waals surface area (Å²) in [6.07, 6.45) is -1.68. The van der Waals surface area contributed by atoms with E-state index in [0.29, 0.717) is 11.1 Å². The number of carbonyl (C=O) groups excluding carboxylic acids is 1. The summed E-state index contributed by atoms with van der Waals surface area (Å²) in [5, 5.41) is 18.5. The first kappa shape index (κ1) is 15.1. The normalized spacial score (nSPS) is 14.0. The van der Waals surface area contributed by atoms with E-state index in [2.05, 4.69) is 15.9 Å². The highest BCUT2D eigenvalue weighted by Crippen LogP contribution is 2.31. The highest BCUT2D eigenvalue weighted by molar-refractivity contribution is 9.09. The summed E-state index contributed by atoms with van der Waals surface area (Å²) in [5.74, 6) is -1.34. The van der Waals surface area contributed by atoms with Crippen LogP contribution >= 0.6 is 27.5 Å². The van der Waals surface area contributed by atoms with E-state index < -0.39 is 16.9 Å². The first-order valence-corrected chi connectivity index (χ1v) is 6.57. The summed E-state index contributed by atoms with van der Waals surface area (Å²) in [4.78, 5) is 21.6. The smallest absolute Gasteiger partial charge is 0.337 e. The third-order valence-corrected chi connectivity index (χ3v) is 3.91. The molecule has 0 aromatic heterocycles. The third-order valence-electron chi connectivity index (χ3n) is 2.46. The zero-order valence-corrected chi connectivity index (χ0v) is 11.9. The van der Waals surface area contributed by atoms with Crippen molar-refractivity contribution in [2.75, 3.05) is 0 Å². The maximum absolute atomic E-state index is 11.3. The molecule has 2 atom stereocenters. The third kappa shape index (κ3) is 3.31. The molecular weight excluding hydrogens is 323 g/mol. The van der Waals surface area contributed by atoms with Gasteiger partial charge in [-0.25, -0.2) is 4.79 Å². The molecule has 0 aliphatic rings. The molecule has 4 nitrogen and oxygen atoms in total. The van der Waals surface area contributed by atoms with Crippen molar-refractivity contribution < 1.29 is 19.8 Å². The molecule has 0 saturated carbocycles. The van der Waals surface area contributed by atoms with Crippen LogP contribution in [0.2, 0.25) is 0 Å². The lowest BCUT2D eigenvalue weighted by Gasteiger charge is -2.16. The lowest BCUT2D eigenvalue weighted by atomic mass is 9.96. The Kier molecular flexibility index (Phi) is 5.31. The number of ketones is 1.